The van der Waals surface area contributed by atoms with Gasteiger partial charge in [0.25, 0.3) is 0 Å². The number of phenols is 1. The SMILES string of the molecule is O=C(O)C1=C/C(=C/C=NC(Cc2ccc(O)cc2)C(=O)O)CC(C(=O)O)N1. The van der Waals surface area contributed by atoms with Crippen molar-refractivity contribution in [3.63, 3.8) is 0 Å². The van der Waals surface area contributed by atoms with Crippen molar-refractivity contribution in [2.24, 2.45) is 4.99 Å². The minimum Gasteiger partial charge on any atom is -0.508 e. The average Bonchev–Trinajstić information content (AvgIpc) is 2.62. The zero-order valence-corrected chi connectivity index (χ0v) is 14.1. The highest BCUT2D eigenvalue weighted by molar-refractivity contribution is 5.90. The Morgan fingerprint density at radius 3 is 2.41 bits per heavy atom. The molecule has 1 heterocycles. The highest BCUT2D eigenvalue weighted by atomic mass is 16.4. The Labute approximate surface area is 154 Å². The van der Waals surface area contributed by atoms with Crippen LogP contribution < -0.4 is 5.32 Å². The maximum atomic E-state index is 11.4. The zero-order chi connectivity index (χ0) is 20.0. The molecule has 1 aromatic rings. The number of carbonyl (C=O) groups is 3. The number of aliphatic carboxylic acids is 3. The van der Waals surface area contributed by atoms with Crippen molar-refractivity contribution in [1.82, 2.24) is 5.32 Å². The first-order valence-corrected chi connectivity index (χ1v) is 7.93. The van der Waals surface area contributed by atoms with Gasteiger partial charge in [0.1, 0.15) is 17.5 Å². The van der Waals surface area contributed by atoms with Crippen LogP contribution in [0.1, 0.15) is 12.0 Å². The van der Waals surface area contributed by atoms with E-state index in [1.54, 1.807) is 12.1 Å². The summed E-state index contributed by atoms with van der Waals surface area (Å²) in [6.07, 6.45) is 4.05. The monoisotopic (exact) mass is 374 g/mol. The van der Waals surface area contributed by atoms with Gasteiger partial charge in [-0.3, -0.25) is 4.99 Å². The van der Waals surface area contributed by atoms with Crippen molar-refractivity contribution in [2.75, 3.05) is 0 Å². The normalized spacial score (nSPS) is 19.3. The van der Waals surface area contributed by atoms with E-state index < -0.39 is 30.0 Å². The second kappa shape index (κ2) is 8.65. The van der Waals surface area contributed by atoms with Gasteiger partial charge in [-0.25, -0.2) is 14.4 Å². The van der Waals surface area contributed by atoms with Crippen LogP contribution in [0.2, 0.25) is 0 Å². The van der Waals surface area contributed by atoms with E-state index >= 15 is 0 Å². The Bertz CT molecular complexity index is 825. The minimum absolute atomic E-state index is 0.0355. The number of hydrogen-bond acceptors (Lipinski definition) is 6. The number of aromatic hydroxyl groups is 1. The molecule has 0 aliphatic carbocycles. The summed E-state index contributed by atoms with van der Waals surface area (Å²) in [6.45, 7) is 0. The molecule has 0 radical (unpaired) electrons. The van der Waals surface area contributed by atoms with Gasteiger partial charge in [-0.2, -0.15) is 0 Å². The van der Waals surface area contributed by atoms with Gasteiger partial charge in [0.05, 0.1) is 0 Å². The van der Waals surface area contributed by atoms with Gasteiger partial charge in [0, 0.05) is 19.1 Å². The molecule has 2 atom stereocenters. The summed E-state index contributed by atoms with van der Waals surface area (Å²) in [5.74, 6) is -3.56. The fraction of sp³-hybridized carbons (Fsp3) is 0.222. The molecule has 9 nitrogen and oxygen atoms in total. The number of carboxylic acid groups (broad SMARTS) is 3. The van der Waals surface area contributed by atoms with Crippen molar-refractivity contribution < 1.29 is 34.8 Å². The van der Waals surface area contributed by atoms with Gasteiger partial charge in [-0.15, -0.1) is 0 Å². The van der Waals surface area contributed by atoms with Gasteiger partial charge in [-0.05, 0) is 35.4 Å². The molecule has 0 bridgehead atoms. The highest BCUT2D eigenvalue weighted by Gasteiger charge is 2.26. The van der Waals surface area contributed by atoms with Gasteiger partial charge in [-0.1, -0.05) is 12.1 Å². The summed E-state index contributed by atoms with van der Waals surface area (Å²) in [5.41, 5.74) is 0.814. The van der Waals surface area contributed by atoms with E-state index in [-0.39, 0.29) is 24.3 Å². The molecule has 5 N–H and O–H groups in total. The molecular formula is C18H18N2O7. The van der Waals surface area contributed by atoms with E-state index in [1.165, 1.54) is 30.5 Å². The first-order valence-electron chi connectivity index (χ1n) is 7.93. The highest BCUT2D eigenvalue weighted by Crippen LogP contribution is 2.17. The topological polar surface area (TPSA) is 157 Å². The standard InChI is InChI=1S/C18H18N2O7/c21-12-3-1-10(2-4-12)7-13(16(22)23)19-6-5-11-8-14(17(24)25)20-15(9-11)18(26)27/h1-6,8,13,15,20-21H,7,9H2,(H,22,23)(H,24,25)(H,26,27)/b11-5-,19-6?. The summed E-state index contributed by atoms with van der Waals surface area (Å²) < 4.78 is 0. The number of nitrogens with zero attached hydrogens (tertiary/aromatic N) is 1. The number of nitrogens with one attached hydrogen (secondary N) is 1. The number of allylic oxidation sites excluding steroid dienone is 2. The van der Waals surface area contributed by atoms with Crippen molar-refractivity contribution in [1.29, 1.82) is 0 Å². The van der Waals surface area contributed by atoms with E-state index in [0.717, 1.165) is 0 Å². The van der Waals surface area contributed by atoms with Gasteiger partial charge >= 0.3 is 17.9 Å². The van der Waals surface area contributed by atoms with Crippen LogP contribution in [0.25, 0.3) is 0 Å². The van der Waals surface area contributed by atoms with Gasteiger partial charge in [0.2, 0.25) is 0 Å². The van der Waals surface area contributed by atoms with Crippen LogP contribution in [0.5, 0.6) is 5.75 Å². The summed E-state index contributed by atoms with van der Waals surface area (Å²) in [5, 5.41) is 39.1. The van der Waals surface area contributed by atoms with Crippen molar-refractivity contribution in [3.8, 4) is 5.75 Å². The molecule has 1 aliphatic rings. The van der Waals surface area contributed by atoms with Crippen LogP contribution in [-0.4, -0.2) is 56.6 Å². The number of aliphatic imine (C=N–C) groups is 1. The maximum Gasteiger partial charge on any atom is 0.351 e. The third-order valence-electron chi connectivity index (χ3n) is 3.83. The van der Waals surface area contributed by atoms with Crippen molar-refractivity contribution >= 4 is 24.1 Å². The lowest BCUT2D eigenvalue weighted by atomic mass is 10.00. The van der Waals surface area contributed by atoms with Crippen molar-refractivity contribution in [2.45, 2.75) is 24.9 Å². The van der Waals surface area contributed by atoms with E-state index in [9.17, 15) is 24.6 Å². The van der Waals surface area contributed by atoms with Crippen LogP contribution in [0.15, 0.2) is 52.7 Å². The molecular weight excluding hydrogens is 356 g/mol. The third kappa shape index (κ3) is 5.70. The zero-order valence-electron chi connectivity index (χ0n) is 14.1. The molecule has 2 unspecified atom stereocenters. The molecule has 0 saturated heterocycles. The summed E-state index contributed by atoms with van der Waals surface area (Å²) in [4.78, 5) is 37.6. The maximum absolute atomic E-state index is 11.4. The molecule has 1 aliphatic heterocycles. The number of rotatable bonds is 7. The van der Waals surface area contributed by atoms with E-state index in [2.05, 4.69) is 10.3 Å². The lowest BCUT2D eigenvalue weighted by Gasteiger charge is -2.21. The van der Waals surface area contributed by atoms with Gasteiger partial charge in [0.15, 0.2) is 6.04 Å². The largest absolute Gasteiger partial charge is 0.508 e. The smallest absolute Gasteiger partial charge is 0.351 e. The molecule has 0 fully saturated rings. The number of hydrogen-bond donors (Lipinski definition) is 5. The molecule has 0 amide bonds. The van der Waals surface area contributed by atoms with Crippen LogP contribution in [0.3, 0.4) is 0 Å². The Kier molecular flexibility index (Phi) is 6.32. The molecule has 142 valence electrons. The Balaban J connectivity index is 2.15. The Morgan fingerprint density at radius 2 is 1.85 bits per heavy atom. The van der Waals surface area contributed by atoms with Crippen molar-refractivity contribution in [3.05, 3.63) is 53.3 Å². The lowest BCUT2D eigenvalue weighted by Crippen LogP contribution is -2.41. The second-order valence-electron chi connectivity index (χ2n) is 5.87. The number of carboxylic acids is 3. The van der Waals surface area contributed by atoms with E-state index in [4.69, 9.17) is 10.2 Å². The second-order valence-corrected chi connectivity index (χ2v) is 5.87. The number of benzene rings is 1. The number of phenolic OH excluding ortho intramolecular Hbond substituents is 1. The lowest BCUT2D eigenvalue weighted by molar-refractivity contribution is -0.140. The quantitative estimate of drug-likeness (QED) is 0.439. The molecule has 0 aromatic heterocycles. The van der Waals surface area contributed by atoms with Crippen LogP contribution >= 0.6 is 0 Å². The molecule has 27 heavy (non-hydrogen) atoms. The first kappa shape index (κ1) is 19.7. The molecule has 0 spiro atoms. The Morgan fingerprint density at radius 1 is 1.19 bits per heavy atom. The predicted octanol–water partition coefficient (Wildman–Crippen LogP) is 0.800. The predicted molar refractivity (Wildman–Crippen MR) is 94.7 cm³/mol. The summed E-state index contributed by atoms with van der Waals surface area (Å²) >= 11 is 0. The molecule has 1 aromatic carbocycles. The fourth-order valence-corrected chi connectivity index (χ4v) is 2.45. The van der Waals surface area contributed by atoms with E-state index in [1.807, 2.05) is 0 Å². The first-order chi connectivity index (χ1) is 12.8. The molecule has 2 rings (SSSR count). The third-order valence-corrected chi connectivity index (χ3v) is 3.83. The molecule has 9 heteroatoms. The van der Waals surface area contributed by atoms with Gasteiger partial charge < -0.3 is 25.7 Å². The van der Waals surface area contributed by atoms with Crippen LogP contribution in [0, 0.1) is 0 Å². The van der Waals surface area contributed by atoms with Crippen LogP contribution in [-0.2, 0) is 20.8 Å². The summed E-state index contributed by atoms with van der Waals surface area (Å²) in [6, 6.07) is 3.90. The fourth-order valence-electron chi connectivity index (χ4n) is 2.45. The average molecular weight is 374 g/mol. The van der Waals surface area contributed by atoms with E-state index in [0.29, 0.717) is 11.1 Å². The molecule has 0 saturated carbocycles. The van der Waals surface area contributed by atoms with Crippen LogP contribution in [0.4, 0.5) is 0 Å². The Hall–Kier alpha value is -3.62. The summed E-state index contributed by atoms with van der Waals surface area (Å²) in [7, 11) is 0. The minimum atomic E-state index is -1.29.